The lowest BCUT2D eigenvalue weighted by Gasteiger charge is -2.11. The molecule has 19 heavy (non-hydrogen) atoms. The number of rotatable bonds is 3. The summed E-state index contributed by atoms with van der Waals surface area (Å²) in [6, 6.07) is 8.23. The highest BCUT2D eigenvalue weighted by Gasteiger charge is 2.14. The summed E-state index contributed by atoms with van der Waals surface area (Å²) < 4.78 is 0. The van der Waals surface area contributed by atoms with Gasteiger partial charge in [0.2, 0.25) is 0 Å². The summed E-state index contributed by atoms with van der Waals surface area (Å²) in [5.41, 5.74) is 2.97. The molecular formula is C14H16ClN3S. The van der Waals surface area contributed by atoms with Gasteiger partial charge in [0.15, 0.2) is 10.3 Å². The average Bonchev–Trinajstić information content (AvgIpc) is 2.71. The highest BCUT2D eigenvalue weighted by atomic mass is 35.5. The van der Waals surface area contributed by atoms with Crippen molar-refractivity contribution in [1.82, 2.24) is 0 Å². The van der Waals surface area contributed by atoms with Crippen LogP contribution in [0.4, 0.5) is 5.69 Å². The van der Waals surface area contributed by atoms with Crippen LogP contribution in [0.2, 0.25) is 0 Å². The molecule has 0 amide bonds. The standard InChI is InChI=1S/C14H16ClN3S/c1-4-19-14-16-12(13(15)17-14)9-10-5-7-11(8-6-10)18(2)3/h5-9H,4H2,1-3H3. The monoisotopic (exact) mass is 293 g/mol. The summed E-state index contributed by atoms with van der Waals surface area (Å²) >= 11 is 7.68. The zero-order valence-corrected chi connectivity index (χ0v) is 12.8. The molecule has 100 valence electrons. The Labute approximate surface area is 123 Å². The molecule has 1 aromatic carbocycles. The number of halogens is 1. The van der Waals surface area contributed by atoms with Crippen molar-refractivity contribution in [3.05, 3.63) is 35.5 Å². The van der Waals surface area contributed by atoms with Crippen molar-refractivity contribution in [3.8, 4) is 0 Å². The molecule has 0 fully saturated rings. The molecule has 0 radical (unpaired) electrons. The lowest BCUT2D eigenvalue weighted by molar-refractivity contribution is 1.13. The normalized spacial score (nSPS) is 16.5. The van der Waals surface area contributed by atoms with E-state index in [0.717, 1.165) is 22.2 Å². The number of allylic oxidation sites excluding steroid dienone is 1. The van der Waals surface area contributed by atoms with Crippen LogP contribution in [0, 0.1) is 0 Å². The van der Waals surface area contributed by atoms with Gasteiger partial charge in [-0.3, -0.25) is 0 Å². The zero-order valence-electron chi connectivity index (χ0n) is 11.2. The van der Waals surface area contributed by atoms with Crippen LogP contribution in [0.25, 0.3) is 6.08 Å². The fourth-order valence-corrected chi connectivity index (χ4v) is 2.43. The van der Waals surface area contributed by atoms with Crippen LogP contribution in [0.15, 0.2) is 39.9 Å². The van der Waals surface area contributed by atoms with Crippen molar-refractivity contribution in [3.63, 3.8) is 0 Å². The minimum absolute atomic E-state index is 0.465. The lowest BCUT2D eigenvalue weighted by atomic mass is 10.1. The maximum Gasteiger partial charge on any atom is 0.189 e. The van der Waals surface area contributed by atoms with Crippen molar-refractivity contribution in [2.24, 2.45) is 9.98 Å². The summed E-state index contributed by atoms with van der Waals surface area (Å²) in [5, 5.41) is 1.20. The second-order valence-corrected chi connectivity index (χ2v) is 5.83. The van der Waals surface area contributed by atoms with E-state index in [-0.39, 0.29) is 0 Å². The SMILES string of the molecule is CCSC1=NC(=Cc2ccc(N(C)C)cc2)C(Cl)=N1. The third-order valence-electron chi connectivity index (χ3n) is 2.61. The molecule has 1 aliphatic rings. The first-order valence-corrected chi connectivity index (χ1v) is 7.41. The first-order valence-electron chi connectivity index (χ1n) is 6.05. The van der Waals surface area contributed by atoms with Crippen molar-refractivity contribution >= 4 is 45.5 Å². The molecule has 0 saturated heterocycles. The first kappa shape index (κ1) is 14.2. The lowest BCUT2D eigenvalue weighted by Crippen LogP contribution is -2.07. The van der Waals surface area contributed by atoms with Crippen molar-refractivity contribution < 1.29 is 0 Å². The molecule has 0 aliphatic carbocycles. The molecule has 3 nitrogen and oxygen atoms in total. The first-order chi connectivity index (χ1) is 9.10. The summed E-state index contributed by atoms with van der Waals surface area (Å²) in [5.74, 6) is 0.942. The van der Waals surface area contributed by atoms with Crippen LogP contribution in [-0.4, -0.2) is 30.2 Å². The highest BCUT2D eigenvalue weighted by Crippen LogP contribution is 2.22. The van der Waals surface area contributed by atoms with Crippen molar-refractivity contribution in [1.29, 1.82) is 0 Å². The van der Waals surface area contributed by atoms with Gasteiger partial charge in [-0.15, -0.1) is 0 Å². The van der Waals surface area contributed by atoms with Gasteiger partial charge in [0.05, 0.1) is 0 Å². The van der Waals surface area contributed by atoms with Crippen LogP contribution in [0.5, 0.6) is 0 Å². The molecule has 0 atom stereocenters. The fourth-order valence-electron chi connectivity index (χ4n) is 1.63. The predicted molar refractivity (Wildman–Crippen MR) is 87.6 cm³/mol. The van der Waals surface area contributed by atoms with Gasteiger partial charge >= 0.3 is 0 Å². The number of hydrogen-bond acceptors (Lipinski definition) is 4. The second kappa shape index (κ2) is 6.26. The third kappa shape index (κ3) is 3.61. The quantitative estimate of drug-likeness (QED) is 0.846. The van der Waals surface area contributed by atoms with E-state index in [1.807, 2.05) is 32.3 Å². The van der Waals surface area contributed by atoms with Gasteiger partial charge in [-0.05, 0) is 29.5 Å². The van der Waals surface area contributed by atoms with Gasteiger partial charge in [0, 0.05) is 19.8 Å². The molecule has 0 spiro atoms. The number of nitrogens with zero attached hydrogens (tertiary/aromatic N) is 3. The van der Waals surface area contributed by atoms with E-state index in [2.05, 4.69) is 33.9 Å². The number of benzene rings is 1. The van der Waals surface area contributed by atoms with Gasteiger partial charge in [0.25, 0.3) is 0 Å². The summed E-state index contributed by atoms with van der Waals surface area (Å²) in [7, 11) is 4.04. The number of amidine groups is 1. The van der Waals surface area contributed by atoms with Crippen molar-refractivity contribution in [2.45, 2.75) is 6.92 Å². The molecule has 0 aromatic heterocycles. The number of aliphatic imine (C=N–C) groups is 2. The molecule has 0 bridgehead atoms. The topological polar surface area (TPSA) is 28.0 Å². The Bertz CT molecular complexity index is 544. The molecule has 5 heteroatoms. The fraction of sp³-hybridized carbons (Fsp3) is 0.286. The van der Waals surface area contributed by atoms with E-state index in [4.69, 9.17) is 11.6 Å². The predicted octanol–water partition coefficient (Wildman–Crippen LogP) is 3.85. The third-order valence-corrected chi connectivity index (χ3v) is 3.62. The Morgan fingerprint density at radius 1 is 1.21 bits per heavy atom. The maximum absolute atomic E-state index is 6.09. The van der Waals surface area contributed by atoms with Crippen molar-refractivity contribution in [2.75, 3.05) is 24.7 Å². The van der Waals surface area contributed by atoms with Crippen LogP contribution in [0.1, 0.15) is 12.5 Å². The molecule has 1 aromatic rings. The summed E-state index contributed by atoms with van der Waals surface area (Å²) in [6.45, 7) is 2.07. The Morgan fingerprint density at radius 3 is 2.47 bits per heavy atom. The molecule has 0 unspecified atom stereocenters. The van der Waals surface area contributed by atoms with E-state index < -0.39 is 0 Å². The highest BCUT2D eigenvalue weighted by molar-refractivity contribution is 8.13. The Balaban J connectivity index is 2.20. The minimum atomic E-state index is 0.465. The van der Waals surface area contributed by atoms with E-state index in [9.17, 15) is 0 Å². The number of anilines is 1. The van der Waals surface area contributed by atoms with E-state index >= 15 is 0 Å². The van der Waals surface area contributed by atoms with Crippen LogP contribution >= 0.6 is 23.4 Å². The van der Waals surface area contributed by atoms with Gasteiger partial charge in [-0.1, -0.05) is 42.4 Å². The van der Waals surface area contributed by atoms with Gasteiger partial charge in [-0.25, -0.2) is 9.98 Å². The summed E-state index contributed by atoms with van der Waals surface area (Å²) in [6.07, 6.45) is 1.95. The maximum atomic E-state index is 6.09. The Morgan fingerprint density at radius 2 is 1.89 bits per heavy atom. The molecule has 2 rings (SSSR count). The average molecular weight is 294 g/mol. The van der Waals surface area contributed by atoms with E-state index in [1.165, 1.54) is 5.69 Å². The second-order valence-electron chi connectivity index (χ2n) is 4.25. The number of thioether (sulfide) groups is 1. The van der Waals surface area contributed by atoms with Gasteiger partial charge in [-0.2, -0.15) is 0 Å². The Hall–Kier alpha value is -1.26. The van der Waals surface area contributed by atoms with Crippen LogP contribution in [-0.2, 0) is 0 Å². The van der Waals surface area contributed by atoms with E-state index in [1.54, 1.807) is 11.8 Å². The van der Waals surface area contributed by atoms with Gasteiger partial charge < -0.3 is 4.90 Å². The number of hydrogen-bond donors (Lipinski definition) is 0. The molecule has 0 saturated carbocycles. The minimum Gasteiger partial charge on any atom is -0.378 e. The largest absolute Gasteiger partial charge is 0.378 e. The Kier molecular flexibility index (Phi) is 4.66. The van der Waals surface area contributed by atoms with Crippen LogP contribution < -0.4 is 4.90 Å². The molecule has 0 N–H and O–H groups in total. The van der Waals surface area contributed by atoms with E-state index in [0.29, 0.717) is 5.17 Å². The molecule has 1 heterocycles. The van der Waals surface area contributed by atoms with Crippen LogP contribution in [0.3, 0.4) is 0 Å². The summed E-state index contributed by atoms with van der Waals surface area (Å²) in [4.78, 5) is 10.7. The molecular weight excluding hydrogens is 278 g/mol. The molecule has 1 aliphatic heterocycles. The van der Waals surface area contributed by atoms with Gasteiger partial charge in [0.1, 0.15) is 5.70 Å². The smallest absolute Gasteiger partial charge is 0.189 e. The zero-order chi connectivity index (χ0) is 13.8.